The van der Waals surface area contributed by atoms with E-state index in [-0.39, 0.29) is 24.4 Å². The van der Waals surface area contributed by atoms with Crippen molar-refractivity contribution in [2.45, 2.75) is 51.0 Å². The molecule has 1 amide bonds. The minimum Gasteiger partial charge on any atom is -0.340 e. The van der Waals surface area contributed by atoms with E-state index < -0.39 is 10.2 Å². The van der Waals surface area contributed by atoms with Crippen LogP contribution >= 0.6 is 12.4 Å². The lowest BCUT2D eigenvalue weighted by Gasteiger charge is -2.38. The molecular weight excluding hydrogens is 352 g/mol. The second-order valence-electron chi connectivity index (χ2n) is 6.49. The van der Waals surface area contributed by atoms with Gasteiger partial charge in [-0.3, -0.25) is 4.79 Å². The Morgan fingerprint density at radius 2 is 1.71 bits per heavy atom. The van der Waals surface area contributed by atoms with E-state index in [0.29, 0.717) is 45.6 Å². The smallest absolute Gasteiger partial charge is 0.282 e. The lowest BCUT2D eigenvalue weighted by Crippen LogP contribution is -2.55. The first kappa shape index (κ1) is 21.6. The number of nitrogens with two attached hydrogens (primary N) is 1. The van der Waals surface area contributed by atoms with E-state index in [1.165, 1.54) is 10.7 Å². The van der Waals surface area contributed by atoms with Gasteiger partial charge in [0.1, 0.15) is 0 Å². The van der Waals surface area contributed by atoms with E-state index in [2.05, 4.69) is 0 Å². The van der Waals surface area contributed by atoms with Gasteiger partial charge < -0.3 is 10.6 Å². The van der Waals surface area contributed by atoms with Crippen molar-refractivity contribution in [2.75, 3.05) is 39.8 Å². The molecule has 1 aliphatic carbocycles. The molecule has 0 aromatic heterocycles. The van der Waals surface area contributed by atoms with Crippen molar-refractivity contribution in [3.8, 4) is 0 Å². The van der Waals surface area contributed by atoms with Gasteiger partial charge in [0, 0.05) is 45.7 Å². The van der Waals surface area contributed by atoms with Crippen LogP contribution in [0.2, 0.25) is 0 Å². The highest BCUT2D eigenvalue weighted by atomic mass is 35.5. The second-order valence-corrected chi connectivity index (χ2v) is 8.48. The van der Waals surface area contributed by atoms with E-state index in [9.17, 15) is 13.2 Å². The Morgan fingerprint density at radius 1 is 1.12 bits per heavy atom. The molecule has 0 radical (unpaired) electrons. The summed E-state index contributed by atoms with van der Waals surface area (Å²) in [6.07, 6.45) is 6.45. The number of carbonyl (C=O) groups is 1. The molecule has 2 aliphatic rings. The molecule has 2 N–H and O–H groups in total. The fourth-order valence-electron chi connectivity index (χ4n) is 3.39. The Labute approximate surface area is 152 Å². The average molecular weight is 383 g/mol. The third-order valence-corrected chi connectivity index (χ3v) is 7.01. The van der Waals surface area contributed by atoms with Crippen LogP contribution in [0.5, 0.6) is 0 Å². The summed E-state index contributed by atoms with van der Waals surface area (Å²) >= 11 is 0. The molecule has 142 valence electrons. The molecule has 2 fully saturated rings. The predicted molar refractivity (Wildman–Crippen MR) is 97.2 cm³/mol. The molecule has 2 rings (SSSR count). The van der Waals surface area contributed by atoms with Crippen molar-refractivity contribution in [2.24, 2.45) is 5.73 Å². The first-order chi connectivity index (χ1) is 11.0. The van der Waals surface area contributed by atoms with Gasteiger partial charge >= 0.3 is 0 Å². The van der Waals surface area contributed by atoms with Crippen LogP contribution in [0.3, 0.4) is 0 Å². The number of nitrogens with zero attached hydrogens (tertiary/aromatic N) is 3. The van der Waals surface area contributed by atoms with Crippen molar-refractivity contribution in [1.82, 2.24) is 13.5 Å². The lowest BCUT2D eigenvalue weighted by atomic mass is 9.96. The summed E-state index contributed by atoms with van der Waals surface area (Å²) in [5.74, 6) is 0.0770. The number of halogens is 1. The summed E-state index contributed by atoms with van der Waals surface area (Å²) in [6, 6.07) is 0.123. The molecule has 7 nitrogen and oxygen atoms in total. The van der Waals surface area contributed by atoms with Crippen LogP contribution < -0.4 is 5.73 Å². The van der Waals surface area contributed by atoms with Gasteiger partial charge in [-0.2, -0.15) is 17.0 Å². The Kier molecular flexibility index (Phi) is 8.94. The van der Waals surface area contributed by atoms with Gasteiger partial charge in [-0.05, 0) is 25.8 Å². The number of piperazine rings is 1. The third kappa shape index (κ3) is 5.29. The number of amides is 1. The predicted octanol–water partition coefficient (Wildman–Crippen LogP) is 0.801. The quantitative estimate of drug-likeness (QED) is 0.736. The van der Waals surface area contributed by atoms with E-state index >= 15 is 0 Å². The molecule has 0 atom stereocenters. The summed E-state index contributed by atoms with van der Waals surface area (Å²) in [6.45, 7) is 2.22. The van der Waals surface area contributed by atoms with Gasteiger partial charge in [0.2, 0.25) is 5.91 Å². The van der Waals surface area contributed by atoms with Crippen LogP contribution in [0.4, 0.5) is 0 Å². The van der Waals surface area contributed by atoms with Gasteiger partial charge in [0.25, 0.3) is 10.2 Å². The third-order valence-electron chi connectivity index (χ3n) is 4.97. The molecular formula is C15H31ClN4O3S. The minimum atomic E-state index is -3.42. The maximum atomic E-state index is 12.8. The average Bonchev–Trinajstić information content (AvgIpc) is 2.59. The van der Waals surface area contributed by atoms with E-state index in [1.807, 2.05) is 0 Å². The number of carbonyl (C=O) groups excluding carboxylic acids is 1. The minimum absolute atomic E-state index is 0. The summed E-state index contributed by atoms with van der Waals surface area (Å²) in [4.78, 5) is 13.7. The largest absolute Gasteiger partial charge is 0.340 e. The lowest BCUT2D eigenvalue weighted by molar-refractivity contribution is -0.132. The van der Waals surface area contributed by atoms with Crippen molar-refractivity contribution in [3.05, 3.63) is 0 Å². The summed E-state index contributed by atoms with van der Waals surface area (Å²) in [7, 11) is -1.72. The first-order valence-electron chi connectivity index (χ1n) is 8.67. The molecule has 1 aliphatic heterocycles. The van der Waals surface area contributed by atoms with Crippen LogP contribution in [-0.4, -0.2) is 73.6 Å². The van der Waals surface area contributed by atoms with Crippen molar-refractivity contribution < 1.29 is 13.2 Å². The van der Waals surface area contributed by atoms with Gasteiger partial charge in [-0.25, -0.2) is 0 Å². The SMILES string of the molecule is CN(C1CCCCC1)S(=O)(=O)N1CCN(C(=O)CCCN)CC1.Cl. The summed E-state index contributed by atoms with van der Waals surface area (Å²) < 4.78 is 28.6. The van der Waals surface area contributed by atoms with Gasteiger partial charge in [0.05, 0.1) is 0 Å². The Hall–Kier alpha value is -0.410. The summed E-state index contributed by atoms with van der Waals surface area (Å²) in [5, 5.41) is 0. The number of rotatable bonds is 6. The Bertz CT molecular complexity index is 489. The van der Waals surface area contributed by atoms with Crippen molar-refractivity contribution in [3.63, 3.8) is 0 Å². The molecule has 1 saturated heterocycles. The van der Waals surface area contributed by atoms with Crippen LogP contribution in [-0.2, 0) is 15.0 Å². The van der Waals surface area contributed by atoms with Crippen LogP contribution in [0.25, 0.3) is 0 Å². The Balaban J connectivity index is 0.00000288. The van der Waals surface area contributed by atoms with Crippen molar-refractivity contribution in [1.29, 1.82) is 0 Å². The standard InChI is InChI=1S/C15H30N4O3S.ClH/c1-17(14-6-3-2-4-7-14)23(21,22)19-12-10-18(11-13-19)15(20)8-5-9-16;/h14H,2-13,16H2,1H3;1H. The molecule has 1 heterocycles. The van der Waals surface area contributed by atoms with Crippen LogP contribution in [0, 0.1) is 0 Å². The maximum absolute atomic E-state index is 12.8. The second kappa shape index (κ2) is 9.91. The zero-order valence-electron chi connectivity index (χ0n) is 14.5. The van der Waals surface area contributed by atoms with Gasteiger partial charge in [0.15, 0.2) is 0 Å². The Morgan fingerprint density at radius 3 is 2.25 bits per heavy atom. The highest BCUT2D eigenvalue weighted by Gasteiger charge is 2.35. The number of hydrogen-bond acceptors (Lipinski definition) is 4. The van der Waals surface area contributed by atoms with Crippen LogP contribution in [0.15, 0.2) is 0 Å². The molecule has 0 unspecified atom stereocenters. The van der Waals surface area contributed by atoms with E-state index in [0.717, 1.165) is 25.7 Å². The van der Waals surface area contributed by atoms with Gasteiger partial charge in [-0.15, -0.1) is 12.4 Å². The summed E-state index contributed by atoms with van der Waals surface area (Å²) in [5.41, 5.74) is 5.43. The maximum Gasteiger partial charge on any atom is 0.282 e. The normalized spacial score (nSPS) is 20.9. The molecule has 0 spiro atoms. The highest BCUT2D eigenvalue weighted by molar-refractivity contribution is 7.86. The zero-order valence-corrected chi connectivity index (χ0v) is 16.2. The monoisotopic (exact) mass is 382 g/mol. The molecule has 0 bridgehead atoms. The molecule has 1 saturated carbocycles. The topological polar surface area (TPSA) is 87.0 Å². The fraction of sp³-hybridized carbons (Fsp3) is 0.933. The van der Waals surface area contributed by atoms with Gasteiger partial charge in [-0.1, -0.05) is 19.3 Å². The molecule has 9 heteroatoms. The first-order valence-corrected chi connectivity index (χ1v) is 10.1. The van der Waals surface area contributed by atoms with E-state index in [4.69, 9.17) is 5.73 Å². The molecule has 0 aromatic rings. The van der Waals surface area contributed by atoms with Crippen LogP contribution in [0.1, 0.15) is 44.9 Å². The molecule has 24 heavy (non-hydrogen) atoms. The van der Waals surface area contributed by atoms with Crippen molar-refractivity contribution >= 4 is 28.5 Å². The number of hydrogen-bond donors (Lipinski definition) is 1. The van der Waals surface area contributed by atoms with E-state index in [1.54, 1.807) is 16.3 Å². The zero-order chi connectivity index (χ0) is 16.9. The molecule has 0 aromatic carbocycles. The fourth-order valence-corrected chi connectivity index (χ4v) is 4.97. The highest BCUT2D eigenvalue weighted by Crippen LogP contribution is 2.25.